The van der Waals surface area contributed by atoms with Crippen LogP contribution in [0.5, 0.6) is 0 Å². The molecule has 0 aromatic heterocycles. The van der Waals surface area contributed by atoms with Crippen LogP contribution in [0.1, 0.15) is 38.5 Å². The predicted octanol–water partition coefficient (Wildman–Crippen LogP) is 0.646. The molecule has 2 N–H and O–H groups in total. The maximum atomic E-state index is 11.5. The lowest BCUT2D eigenvalue weighted by molar-refractivity contribution is -0.126. The van der Waals surface area contributed by atoms with E-state index in [-0.39, 0.29) is 5.91 Å². The fourth-order valence-corrected chi connectivity index (χ4v) is 1.92. The summed E-state index contributed by atoms with van der Waals surface area (Å²) in [5.41, 5.74) is 2.97. The standard InChI is InChI=1S/C11H21N3O/c15-11(6-7-12-10-4-5-10)13-14-8-2-1-3-9-14/h10,12H,1-9H2,(H,13,15). The molecule has 2 fully saturated rings. The minimum absolute atomic E-state index is 0.157. The van der Waals surface area contributed by atoms with Crippen LogP contribution < -0.4 is 10.7 Å². The molecule has 2 rings (SSSR count). The van der Waals surface area contributed by atoms with Crippen LogP contribution in [0.4, 0.5) is 0 Å². The number of nitrogens with zero attached hydrogens (tertiary/aromatic N) is 1. The van der Waals surface area contributed by atoms with Crippen molar-refractivity contribution in [2.24, 2.45) is 0 Å². The van der Waals surface area contributed by atoms with Crippen LogP contribution in [-0.2, 0) is 4.79 Å². The highest BCUT2D eigenvalue weighted by Crippen LogP contribution is 2.18. The highest BCUT2D eigenvalue weighted by atomic mass is 16.2. The van der Waals surface area contributed by atoms with Gasteiger partial charge in [-0.1, -0.05) is 6.42 Å². The van der Waals surface area contributed by atoms with Crippen LogP contribution in [-0.4, -0.2) is 36.6 Å². The summed E-state index contributed by atoms with van der Waals surface area (Å²) in [6.07, 6.45) is 6.89. The largest absolute Gasteiger partial charge is 0.313 e. The van der Waals surface area contributed by atoms with Crippen molar-refractivity contribution >= 4 is 5.91 Å². The summed E-state index contributed by atoms with van der Waals surface area (Å²) < 4.78 is 0. The smallest absolute Gasteiger partial charge is 0.235 e. The van der Waals surface area contributed by atoms with Gasteiger partial charge in [-0.2, -0.15) is 0 Å². The number of carbonyl (C=O) groups is 1. The molecular weight excluding hydrogens is 190 g/mol. The molecule has 1 heterocycles. The Morgan fingerprint density at radius 2 is 1.93 bits per heavy atom. The molecule has 4 nitrogen and oxygen atoms in total. The van der Waals surface area contributed by atoms with E-state index in [0.717, 1.165) is 19.6 Å². The van der Waals surface area contributed by atoms with E-state index in [1.54, 1.807) is 0 Å². The molecule has 1 aliphatic carbocycles. The van der Waals surface area contributed by atoms with E-state index in [1.807, 2.05) is 0 Å². The normalized spacial score (nSPS) is 22.7. The maximum absolute atomic E-state index is 11.5. The van der Waals surface area contributed by atoms with Crippen LogP contribution >= 0.6 is 0 Å². The highest BCUT2D eigenvalue weighted by molar-refractivity contribution is 5.75. The van der Waals surface area contributed by atoms with Crippen molar-refractivity contribution in [3.8, 4) is 0 Å². The number of amides is 1. The average Bonchev–Trinajstić information content (AvgIpc) is 3.03. The minimum Gasteiger partial charge on any atom is -0.313 e. The van der Waals surface area contributed by atoms with Gasteiger partial charge in [0.05, 0.1) is 0 Å². The van der Waals surface area contributed by atoms with Gasteiger partial charge >= 0.3 is 0 Å². The summed E-state index contributed by atoms with van der Waals surface area (Å²) in [5, 5.41) is 5.40. The van der Waals surface area contributed by atoms with Crippen molar-refractivity contribution in [3.05, 3.63) is 0 Å². The van der Waals surface area contributed by atoms with Gasteiger partial charge in [0, 0.05) is 32.1 Å². The Bertz CT molecular complexity index is 210. The van der Waals surface area contributed by atoms with Crippen LogP contribution in [0.15, 0.2) is 0 Å². The van der Waals surface area contributed by atoms with Gasteiger partial charge in [-0.15, -0.1) is 0 Å². The van der Waals surface area contributed by atoms with Crippen molar-refractivity contribution < 1.29 is 4.79 Å². The fraction of sp³-hybridized carbons (Fsp3) is 0.909. The van der Waals surface area contributed by atoms with Crippen molar-refractivity contribution in [2.45, 2.75) is 44.6 Å². The van der Waals surface area contributed by atoms with E-state index in [4.69, 9.17) is 0 Å². The first-order chi connectivity index (χ1) is 7.34. The predicted molar refractivity (Wildman–Crippen MR) is 59.2 cm³/mol. The van der Waals surface area contributed by atoms with E-state index >= 15 is 0 Å². The van der Waals surface area contributed by atoms with E-state index in [0.29, 0.717) is 12.5 Å². The Morgan fingerprint density at radius 1 is 1.20 bits per heavy atom. The first-order valence-electron chi connectivity index (χ1n) is 6.12. The molecule has 15 heavy (non-hydrogen) atoms. The zero-order valence-corrected chi connectivity index (χ0v) is 9.30. The Labute approximate surface area is 91.4 Å². The van der Waals surface area contributed by atoms with Gasteiger partial charge < -0.3 is 5.32 Å². The van der Waals surface area contributed by atoms with Gasteiger partial charge in [0.2, 0.25) is 5.91 Å². The summed E-state index contributed by atoms with van der Waals surface area (Å²) in [6.45, 7) is 2.86. The van der Waals surface area contributed by atoms with Crippen LogP contribution in [0.2, 0.25) is 0 Å². The third-order valence-corrected chi connectivity index (χ3v) is 3.00. The van der Waals surface area contributed by atoms with Gasteiger partial charge in [-0.05, 0) is 25.7 Å². The zero-order valence-electron chi connectivity index (χ0n) is 9.30. The van der Waals surface area contributed by atoms with Crippen molar-refractivity contribution in [1.29, 1.82) is 0 Å². The second-order valence-corrected chi connectivity index (χ2v) is 4.56. The van der Waals surface area contributed by atoms with Gasteiger partial charge in [0.25, 0.3) is 0 Å². The molecule has 86 valence electrons. The number of rotatable bonds is 5. The fourth-order valence-electron chi connectivity index (χ4n) is 1.92. The number of hydrogen-bond donors (Lipinski definition) is 2. The van der Waals surface area contributed by atoms with Crippen LogP contribution in [0.3, 0.4) is 0 Å². The molecule has 0 atom stereocenters. The van der Waals surface area contributed by atoms with Crippen LogP contribution in [0.25, 0.3) is 0 Å². The SMILES string of the molecule is O=C(CCNC1CC1)NN1CCCCC1. The lowest BCUT2D eigenvalue weighted by Gasteiger charge is -2.26. The quantitative estimate of drug-likeness (QED) is 0.701. The lowest BCUT2D eigenvalue weighted by atomic mass is 10.2. The summed E-state index contributed by atoms with van der Waals surface area (Å²) in [6, 6.07) is 0.702. The number of hydrogen-bond acceptors (Lipinski definition) is 3. The molecule has 0 unspecified atom stereocenters. The Hall–Kier alpha value is -0.610. The molecule has 0 bridgehead atoms. The third-order valence-electron chi connectivity index (χ3n) is 3.00. The van der Waals surface area contributed by atoms with E-state index in [1.165, 1.54) is 32.1 Å². The third kappa shape index (κ3) is 4.18. The Balaban J connectivity index is 1.54. The topological polar surface area (TPSA) is 44.4 Å². The first-order valence-corrected chi connectivity index (χ1v) is 6.12. The molecule has 2 aliphatic rings. The summed E-state index contributed by atoms with van der Waals surface area (Å²) in [7, 11) is 0. The highest BCUT2D eigenvalue weighted by Gasteiger charge is 2.20. The number of carbonyl (C=O) groups excluding carboxylic acids is 1. The minimum atomic E-state index is 0.157. The summed E-state index contributed by atoms with van der Waals surface area (Å²) >= 11 is 0. The van der Waals surface area contributed by atoms with E-state index in [9.17, 15) is 4.79 Å². The molecule has 0 spiro atoms. The molecule has 0 radical (unpaired) electrons. The van der Waals surface area contributed by atoms with Gasteiger partial charge in [-0.25, -0.2) is 5.01 Å². The summed E-state index contributed by atoms with van der Waals surface area (Å²) in [4.78, 5) is 11.5. The number of piperidine rings is 1. The molecule has 1 aliphatic heterocycles. The molecule has 0 aromatic rings. The van der Waals surface area contributed by atoms with Gasteiger partial charge in [0.15, 0.2) is 0 Å². The van der Waals surface area contributed by atoms with Crippen molar-refractivity contribution in [3.63, 3.8) is 0 Å². The Morgan fingerprint density at radius 3 is 2.60 bits per heavy atom. The maximum Gasteiger partial charge on any atom is 0.235 e. The van der Waals surface area contributed by atoms with Crippen molar-refractivity contribution in [2.75, 3.05) is 19.6 Å². The van der Waals surface area contributed by atoms with Gasteiger partial charge in [-0.3, -0.25) is 10.2 Å². The van der Waals surface area contributed by atoms with E-state index in [2.05, 4.69) is 15.8 Å². The molecule has 1 saturated carbocycles. The molecule has 1 saturated heterocycles. The molecule has 0 aromatic carbocycles. The number of nitrogens with one attached hydrogen (secondary N) is 2. The van der Waals surface area contributed by atoms with Crippen LogP contribution in [0, 0.1) is 0 Å². The summed E-state index contributed by atoms with van der Waals surface area (Å²) in [5.74, 6) is 0.157. The second-order valence-electron chi connectivity index (χ2n) is 4.56. The second kappa shape index (κ2) is 5.47. The molecule has 1 amide bonds. The first kappa shape index (κ1) is 10.9. The monoisotopic (exact) mass is 211 g/mol. The zero-order chi connectivity index (χ0) is 10.5. The number of hydrazine groups is 1. The average molecular weight is 211 g/mol. The van der Waals surface area contributed by atoms with Crippen molar-refractivity contribution in [1.82, 2.24) is 15.8 Å². The molecule has 4 heteroatoms. The van der Waals surface area contributed by atoms with Gasteiger partial charge in [0.1, 0.15) is 0 Å². The van der Waals surface area contributed by atoms with E-state index < -0.39 is 0 Å². The Kier molecular flexibility index (Phi) is 3.97. The lowest BCUT2D eigenvalue weighted by Crippen LogP contribution is -2.45. The molecular formula is C11H21N3O.